The van der Waals surface area contributed by atoms with E-state index in [1.165, 1.54) is 6.07 Å². The van der Waals surface area contributed by atoms with E-state index in [2.05, 4.69) is 32.6 Å². The Morgan fingerprint density at radius 2 is 2.06 bits per heavy atom. The average Bonchev–Trinajstić information content (AvgIpc) is 2.13. The minimum Gasteiger partial charge on any atom is -0.406 e. The van der Waals surface area contributed by atoms with Gasteiger partial charge in [-0.2, -0.15) is 0 Å². The molecule has 0 fully saturated rings. The van der Waals surface area contributed by atoms with E-state index < -0.39 is 18.0 Å². The van der Waals surface area contributed by atoms with Gasteiger partial charge in [0.2, 0.25) is 5.91 Å². The first-order valence-electron chi connectivity index (χ1n) is 4.30. The SMILES string of the molecule is C=CC(=O)Nc1cc(Br)cc(OC(F)(F)F)c1. The molecular weight excluding hydrogens is 303 g/mol. The van der Waals surface area contributed by atoms with E-state index in [9.17, 15) is 18.0 Å². The Morgan fingerprint density at radius 3 is 2.59 bits per heavy atom. The summed E-state index contributed by atoms with van der Waals surface area (Å²) >= 11 is 3.01. The Morgan fingerprint density at radius 1 is 1.41 bits per heavy atom. The summed E-state index contributed by atoms with van der Waals surface area (Å²) in [7, 11) is 0. The Bertz CT molecular complexity index is 446. The van der Waals surface area contributed by atoms with Gasteiger partial charge in [-0.1, -0.05) is 22.5 Å². The lowest BCUT2D eigenvalue weighted by molar-refractivity contribution is -0.274. The van der Waals surface area contributed by atoms with Crippen LogP contribution in [-0.4, -0.2) is 12.3 Å². The summed E-state index contributed by atoms with van der Waals surface area (Å²) in [5.41, 5.74) is 0.170. The highest BCUT2D eigenvalue weighted by Gasteiger charge is 2.31. The number of ether oxygens (including phenoxy) is 1. The van der Waals surface area contributed by atoms with Gasteiger partial charge >= 0.3 is 6.36 Å². The molecule has 0 aliphatic carbocycles. The molecule has 3 nitrogen and oxygen atoms in total. The molecule has 1 rings (SSSR count). The predicted molar refractivity (Wildman–Crippen MR) is 59.7 cm³/mol. The maximum Gasteiger partial charge on any atom is 0.573 e. The fraction of sp³-hybridized carbons (Fsp3) is 0.100. The zero-order valence-electron chi connectivity index (χ0n) is 8.34. The van der Waals surface area contributed by atoms with Crippen LogP contribution in [0.4, 0.5) is 18.9 Å². The second-order valence-corrected chi connectivity index (χ2v) is 3.83. The van der Waals surface area contributed by atoms with E-state index in [1.54, 1.807) is 0 Å². The predicted octanol–water partition coefficient (Wildman–Crippen LogP) is 3.47. The van der Waals surface area contributed by atoms with Gasteiger partial charge in [0.1, 0.15) is 5.75 Å². The van der Waals surface area contributed by atoms with Gasteiger partial charge in [-0.25, -0.2) is 0 Å². The van der Waals surface area contributed by atoms with Crippen molar-refractivity contribution in [1.29, 1.82) is 0 Å². The van der Waals surface area contributed by atoms with E-state index in [4.69, 9.17) is 0 Å². The average molecular weight is 310 g/mol. The first-order valence-corrected chi connectivity index (χ1v) is 5.09. The molecule has 7 heteroatoms. The Hall–Kier alpha value is -1.50. The molecule has 1 N–H and O–H groups in total. The van der Waals surface area contributed by atoms with Gasteiger partial charge in [0.15, 0.2) is 0 Å². The number of hydrogen-bond donors (Lipinski definition) is 1. The molecule has 1 amide bonds. The van der Waals surface area contributed by atoms with E-state index in [0.29, 0.717) is 4.47 Å². The van der Waals surface area contributed by atoms with Crippen LogP contribution in [0.3, 0.4) is 0 Å². The van der Waals surface area contributed by atoms with Crippen molar-refractivity contribution < 1.29 is 22.7 Å². The summed E-state index contributed by atoms with van der Waals surface area (Å²) in [6, 6.07) is 3.63. The molecule has 0 aromatic heterocycles. The molecule has 0 aliphatic heterocycles. The number of halogens is 4. The number of hydrogen-bond acceptors (Lipinski definition) is 2. The van der Waals surface area contributed by atoms with Crippen molar-refractivity contribution in [1.82, 2.24) is 0 Å². The highest BCUT2D eigenvalue weighted by atomic mass is 79.9. The molecule has 0 heterocycles. The van der Waals surface area contributed by atoms with Gasteiger partial charge in [-0.3, -0.25) is 4.79 Å². The van der Waals surface area contributed by atoms with Crippen LogP contribution in [0.5, 0.6) is 5.75 Å². The Kier molecular flexibility index (Phi) is 4.17. The minimum absolute atomic E-state index is 0.170. The molecule has 1 aromatic rings. The van der Waals surface area contributed by atoms with Crippen molar-refractivity contribution in [3.63, 3.8) is 0 Å². The monoisotopic (exact) mass is 309 g/mol. The molecule has 0 saturated heterocycles. The summed E-state index contributed by atoms with van der Waals surface area (Å²) in [6.45, 7) is 3.23. The van der Waals surface area contributed by atoms with Crippen molar-refractivity contribution in [2.24, 2.45) is 0 Å². The molecule has 0 aliphatic rings. The lowest BCUT2D eigenvalue weighted by Gasteiger charge is -2.11. The highest BCUT2D eigenvalue weighted by molar-refractivity contribution is 9.10. The maximum atomic E-state index is 12.0. The summed E-state index contributed by atoms with van der Waals surface area (Å²) in [6.07, 6.45) is -3.77. The lowest BCUT2D eigenvalue weighted by atomic mass is 10.3. The number of carbonyl (C=O) groups is 1. The van der Waals surface area contributed by atoms with Crippen LogP contribution >= 0.6 is 15.9 Å². The zero-order chi connectivity index (χ0) is 13.1. The quantitative estimate of drug-likeness (QED) is 0.868. The van der Waals surface area contributed by atoms with Crippen molar-refractivity contribution in [3.8, 4) is 5.75 Å². The first-order chi connectivity index (χ1) is 7.80. The normalized spacial score (nSPS) is 10.8. The van der Waals surface area contributed by atoms with Gasteiger partial charge in [-0.05, 0) is 18.2 Å². The Labute approximate surface area is 103 Å². The molecule has 0 spiro atoms. The van der Waals surface area contributed by atoms with Crippen LogP contribution < -0.4 is 10.1 Å². The molecule has 1 aromatic carbocycles. The molecule has 0 saturated carbocycles. The van der Waals surface area contributed by atoms with Crippen LogP contribution in [0.15, 0.2) is 35.3 Å². The van der Waals surface area contributed by atoms with Crippen LogP contribution in [0, 0.1) is 0 Å². The molecule has 0 atom stereocenters. The van der Waals surface area contributed by atoms with E-state index in [1.807, 2.05) is 0 Å². The van der Waals surface area contributed by atoms with Crippen LogP contribution in [0.25, 0.3) is 0 Å². The van der Waals surface area contributed by atoms with Crippen molar-refractivity contribution in [2.45, 2.75) is 6.36 Å². The van der Waals surface area contributed by atoms with E-state index in [0.717, 1.165) is 18.2 Å². The Balaban J connectivity index is 2.94. The number of carbonyl (C=O) groups excluding carboxylic acids is 1. The van der Waals surface area contributed by atoms with Crippen molar-refractivity contribution in [3.05, 3.63) is 35.3 Å². The zero-order valence-corrected chi connectivity index (χ0v) is 9.93. The molecule has 0 bridgehead atoms. The first kappa shape index (κ1) is 13.6. The number of anilines is 1. The summed E-state index contributed by atoms with van der Waals surface area (Å²) < 4.78 is 40.1. The van der Waals surface area contributed by atoms with E-state index >= 15 is 0 Å². The maximum absolute atomic E-state index is 12.0. The number of nitrogens with one attached hydrogen (secondary N) is 1. The summed E-state index contributed by atoms with van der Waals surface area (Å²) in [5.74, 6) is -0.952. The fourth-order valence-corrected chi connectivity index (χ4v) is 1.49. The molecule has 0 unspecified atom stereocenters. The van der Waals surface area contributed by atoms with Crippen molar-refractivity contribution in [2.75, 3.05) is 5.32 Å². The third kappa shape index (κ3) is 4.90. The topological polar surface area (TPSA) is 38.3 Å². The standard InChI is InChI=1S/C10H7BrF3NO2/c1-2-9(16)15-7-3-6(11)4-8(5-7)17-10(12,13)14/h2-5H,1H2,(H,15,16). The fourth-order valence-electron chi connectivity index (χ4n) is 1.02. The van der Waals surface area contributed by atoms with Gasteiger partial charge in [0, 0.05) is 16.2 Å². The highest BCUT2D eigenvalue weighted by Crippen LogP contribution is 2.29. The van der Waals surface area contributed by atoms with Crippen molar-refractivity contribution >= 4 is 27.5 Å². The lowest BCUT2D eigenvalue weighted by Crippen LogP contribution is -2.17. The number of amides is 1. The largest absolute Gasteiger partial charge is 0.573 e. The van der Waals surface area contributed by atoms with E-state index in [-0.39, 0.29) is 5.69 Å². The molecule has 17 heavy (non-hydrogen) atoms. The van der Waals surface area contributed by atoms with Crippen LogP contribution in [0.2, 0.25) is 0 Å². The number of benzene rings is 1. The molecular formula is C10H7BrF3NO2. The third-order valence-corrected chi connectivity index (χ3v) is 2.02. The van der Waals surface area contributed by atoms with Gasteiger partial charge in [0.25, 0.3) is 0 Å². The smallest absolute Gasteiger partial charge is 0.406 e. The van der Waals surface area contributed by atoms with Gasteiger partial charge in [-0.15, -0.1) is 13.2 Å². The summed E-state index contributed by atoms with van der Waals surface area (Å²) in [5, 5.41) is 2.32. The number of alkyl halides is 3. The van der Waals surface area contributed by atoms with Crippen LogP contribution in [-0.2, 0) is 4.79 Å². The second-order valence-electron chi connectivity index (χ2n) is 2.92. The summed E-state index contributed by atoms with van der Waals surface area (Å²) in [4.78, 5) is 11.0. The van der Waals surface area contributed by atoms with Gasteiger partial charge < -0.3 is 10.1 Å². The number of rotatable bonds is 3. The molecule has 92 valence electrons. The van der Waals surface area contributed by atoms with Crippen LogP contribution in [0.1, 0.15) is 0 Å². The minimum atomic E-state index is -4.78. The second kappa shape index (κ2) is 5.22. The van der Waals surface area contributed by atoms with Gasteiger partial charge in [0.05, 0.1) is 0 Å². The third-order valence-electron chi connectivity index (χ3n) is 1.56. The molecule has 0 radical (unpaired) electrons.